The molecule has 0 bridgehead atoms. The lowest BCUT2D eigenvalue weighted by atomic mass is 10.1. The van der Waals surface area contributed by atoms with Crippen molar-refractivity contribution in [1.82, 2.24) is 14.6 Å². The number of phenolic OH excluding ortho intramolecular Hbond substituents is 1. The van der Waals surface area contributed by atoms with E-state index in [1.165, 1.54) is 37.4 Å². The smallest absolute Gasteiger partial charge is 0.433 e. The fourth-order valence-electron chi connectivity index (χ4n) is 3.04. The Bertz CT molecular complexity index is 1340. The summed E-state index contributed by atoms with van der Waals surface area (Å²) < 4.78 is 47.0. The normalized spacial score (nSPS) is 11.5. The Morgan fingerprint density at radius 3 is 2.59 bits per heavy atom. The van der Waals surface area contributed by atoms with E-state index in [4.69, 9.17) is 16.3 Å². The van der Waals surface area contributed by atoms with Gasteiger partial charge in [0.05, 0.1) is 12.8 Å². The molecular weight excluding hydrogens is 449 g/mol. The number of nitrogens with zero attached hydrogens (tertiary/aromatic N) is 3. The molecule has 2 N–H and O–H groups in total. The van der Waals surface area contributed by atoms with Crippen molar-refractivity contribution >= 4 is 28.8 Å². The third kappa shape index (κ3) is 4.04. The number of phenols is 1. The van der Waals surface area contributed by atoms with Crippen LogP contribution >= 0.6 is 11.6 Å². The van der Waals surface area contributed by atoms with Gasteiger partial charge in [0, 0.05) is 17.3 Å². The summed E-state index contributed by atoms with van der Waals surface area (Å²) >= 11 is 6.24. The number of aromatic hydroxyl groups is 1. The van der Waals surface area contributed by atoms with Gasteiger partial charge < -0.3 is 15.2 Å². The minimum absolute atomic E-state index is 0.0227. The predicted octanol–water partition coefficient (Wildman–Crippen LogP) is 5.04. The lowest BCUT2D eigenvalue weighted by Gasteiger charge is -2.11. The summed E-state index contributed by atoms with van der Waals surface area (Å²) in [5.74, 6) is -0.529. The van der Waals surface area contributed by atoms with E-state index >= 15 is 0 Å². The molecule has 0 saturated carbocycles. The van der Waals surface area contributed by atoms with Crippen molar-refractivity contribution in [3.05, 3.63) is 71.0 Å². The molecule has 0 unspecified atom stereocenters. The summed E-state index contributed by atoms with van der Waals surface area (Å²) in [7, 11) is 1.43. The van der Waals surface area contributed by atoms with Crippen molar-refractivity contribution in [3.63, 3.8) is 0 Å². The third-order valence-electron chi connectivity index (χ3n) is 4.51. The minimum atomic E-state index is -4.80. The molecule has 0 radical (unpaired) electrons. The van der Waals surface area contributed by atoms with E-state index in [9.17, 15) is 23.1 Å². The van der Waals surface area contributed by atoms with Crippen LogP contribution in [-0.4, -0.2) is 32.7 Å². The Labute approximate surface area is 184 Å². The number of methoxy groups -OCH3 is 1. The van der Waals surface area contributed by atoms with Gasteiger partial charge in [0.1, 0.15) is 16.5 Å². The van der Waals surface area contributed by atoms with Gasteiger partial charge in [0.2, 0.25) is 0 Å². The molecule has 0 aliphatic heterocycles. The Hall–Kier alpha value is -3.79. The van der Waals surface area contributed by atoms with Gasteiger partial charge in [-0.25, -0.2) is 9.50 Å². The molecule has 4 rings (SSSR count). The first-order valence-corrected chi connectivity index (χ1v) is 9.46. The average molecular weight is 463 g/mol. The number of amides is 1. The van der Waals surface area contributed by atoms with E-state index < -0.39 is 23.5 Å². The summed E-state index contributed by atoms with van der Waals surface area (Å²) in [6, 6.07) is 12.8. The highest BCUT2D eigenvalue weighted by atomic mass is 35.5. The number of halogens is 4. The zero-order chi connectivity index (χ0) is 23.0. The number of ether oxygens (including phenoxy) is 1. The molecule has 4 aromatic rings. The number of rotatable bonds is 4. The van der Waals surface area contributed by atoms with Crippen molar-refractivity contribution in [2.45, 2.75) is 6.18 Å². The molecule has 0 aliphatic rings. The summed E-state index contributed by atoms with van der Waals surface area (Å²) in [5, 5.41) is 15.4. The van der Waals surface area contributed by atoms with Crippen LogP contribution in [0.1, 0.15) is 16.2 Å². The average Bonchev–Trinajstić information content (AvgIpc) is 3.09. The zero-order valence-electron chi connectivity index (χ0n) is 16.3. The monoisotopic (exact) mass is 462 g/mol. The van der Waals surface area contributed by atoms with Crippen LogP contribution in [0.2, 0.25) is 5.02 Å². The molecule has 7 nitrogen and oxygen atoms in total. The number of carbonyl (C=O) groups is 1. The first kappa shape index (κ1) is 21.4. The van der Waals surface area contributed by atoms with Crippen LogP contribution in [0.5, 0.6) is 11.5 Å². The van der Waals surface area contributed by atoms with Crippen LogP contribution in [0, 0.1) is 0 Å². The maximum absolute atomic E-state index is 13.8. The number of carbonyl (C=O) groups excluding carboxylic acids is 1. The van der Waals surface area contributed by atoms with E-state index in [1.807, 2.05) is 0 Å². The molecule has 11 heteroatoms. The number of hydrogen-bond donors (Lipinski definition) is 2. The van der Waals surface area contributed by atoms with Gasteiger partial charge in [-0.3, -0.25) is 4.79 Å². The lowest BCUT2D eigenvalue weighted by Crippen LogP contribution is -2.15. The van der Waals surface area contributed by atoms with Gasteiger partial charge in [0.25, 0.3) is 5.91 Å². The number of hydrogen-bond acceptors (Lipinski definition) is 5. The van der Waals surface area contributed by atoms with Crippen molar-refractivity contribution in [2.75, 3.05) is 12.4 Å². The number of fused-ring (bicyclic) bond motifs is 1. The Kier molecular flexibility index (Phi) is 5.39. The van der Waals surface area contributed by atoms with Crippen molar-refractivity contribution in [3.8, 4) is 22.8 Å². The molecule has 164 valence electrons. The number of alkyl halides is 3. The lowest BCUT2D eigenvalue weighted by molar-refractivity contribution is -0.142. The second kappa shape index (κ2) is 8.04. The molecular formula is C21H14ClF3N4O3. The fraction of sp³-hybridized carbons (Fsp3) is 0.0952. The quantitative estimate of drug-likeness (QED) is 0.444. The van der Waals surface area contributed by atoms with Gasteiger partial charge in [-0.05, 0) is 30.3 Å². The number of anilines is 1. The van der Waals surface area contributed by atoms with Crippen molar-refractivity contribution < 1.29 is 27.8 Å². The summed E-state index contributed by atoms with van der Waals surface area (Å²) in [6.45, 7) is 0. The first-order valence-electron chi connectivity index (χ1n) is 9.08. The van der Waals surface area contributed by atoms with E-state index in [0.717, 1.165) is 6.07 Å². The van der Waals surface area contributed by atoms with E-state index in [0.29, 0.717) is 15.8 Å². The van der Waals surface area contributed by atoms with Crippen LogP contribution in [0.4, 0.5) is 18.9 Å². The maximum Gasteiger partial charge on any atom is 0.433 e. The molecule has 2 heterocycles. The molecule has 0 aliphatic carbocycles. The second-order valence-corrected chi connectivity index (χ2v) is 7.04. The topological polar surface area (TPSA) is 88.8 Å². The minimum Gasteiger partial charge on any atom is -0.508 e. The highest BCUT2D eigenvalue weighted by molar-refractivity contribution is 6.37. The van der Waals surface area contributed by atoms with Crippen LogP contribution in [0.15, 0.2) is 54.6 Å². The van der Waals surface area contributed by atoms with E-state index in [1.54, 1.807) is 18.2 Å². The largest absolute Gasteiger partial charge is 0.508 e. The molecule has 2 aromatic carbocycles. The highest BCUT2D eigenvalue weighted by Gasteiger charge is 2.36. The molecule has 0 spiro atoms. The predicted molar refractivity (Wildman–Crippen MR) is 111 cm³/mol. The number of benzene rings is 2. The standard InChI is InChI=1S/C21H14ClF3N4O3/c1-32-14-7-2-4-11(8-14)15-10-16(21(23,24)25)29-19(27-15)17(22)18(28-29)20(31)26-12-5-3-6-13(30)9-12/h2-10,30H,1H3,(H,26,31). The second-order valence-electron chi connectivity index (χ2n) is 6.66. The maximum atomic E-state index is 13.8. The number of nitrogens with one attached hydrogen (secondary N) is 1. The van der Waals surface area contributed by atoms with Gasteiger partial charge >= 0.3 is 6.18 Å². The van der Waals surface area contributed by atoms with Crippen molar-refractivity contribution in [2.24, 2.45) is 0 Å². The van der Waals surface area contributed by atoms with E-state index in [2.05, 4.69) is 15.4 Å². The Balaban J connectivity index is 1.85. The fourth-order valence-corrected chi connectivity index (χ4v) is 3.29. The first-order chi connectivity index (χ1) is 15.2. The van der Waals surface area contributed by atoms with Crippen LogP contribution in [0.3, 0.4) is 0 Å². The van der Waals surface area contributed by atoms with E-state index in [-0.39, 0.29) is 27.8 Å². The Morgan fingerprint density at radius 1 is 1.16 bits per heavy atom. The molecule has 0 saturated heterocycles. The van der Waals surface area contributed by atoms with Crippen LogP contribution < -0.4 is 10.1 Å². The molecule has 2 aromatic heterocycles. The highest BCUT2D eigenvalue weighted by Crippen LogP contribution is 2.35. The van der Waals surface area contributed by atoms with Crippen LogP contribution in [-0.2, 0) is 6.18 Å². The van der Waals surface area contributed by atoms with Gasteiger partial charge in [-0.15, -0.1) is 0 Å². The molecule has 1 amide bonds. The van der Waals surface area contributed by atoms with Gasteiger partial charge in [-0.1, -0.05) is 29.8 Å². The SMILES string of the molecule is COc1cccc(-c2cc(C(F)(F)F)n3nc(C(=O)Nc4cccc(O)c4)c(Cl)c3n2)c1. The summed E-state index contributed by atoms with van der Waals surface area (Å²) in [6.07, 6.45) is -4.80. The van der Waals surface area contributed by atoms with Crippen LogP contribution in [0.25, 0.3) is 16.9 Å². The Morgan fingerprint density at radius 2 is 1.91 bits per heavy atom. The molecule has 32 heavy (non-hydrogen) atoms. The number of aromatic nitrogens is 3. The summed E-state index contributed by atoms with van der Waals surface area (Å²) in [4.78, 5) is 16.8. The van der Waals surface area contributed by atoms with Gasteiger partial charge in [-0.2, -0.15) is 18.3 Å². The van der Waals surface area contributed by atoms with Gasteiger partial charge in [0.15, 0.2) is 17.0 Å². The third-order valence-corrected chi connectivity index (χ3v) is 4.86. The zero-order valence-corrected chi connectivity index (χ0v) is 17.1. The molecule has 0 fully saturated rings. The molecule has 0 atom stereocenters. The van der Waals surface area contributed by atoms with Crippen molar-refractivity contribution in [1.29, 1.82) is 0 Å². The summed E-state index contributed by atoms with van der Waals surface area (Å²) in [5.41, 5.74) is -1.38.